The average Bonchev–Trinajstić information content (AvgIpc) is 2.90. The van der Waals surface area contributed by atoms with E-state index in [0.29, 0.717) is 45.3 Å². The molecule has 1 aromatic heterocycles. The van der Waals surface area contributed by atoms with Gasteiger partial charge in [-0.25, -0.2) is 4.98 Å². The van der Waals surface area contributed by atoms with Gasteiger partial charge in [0.1, 0.15) is 5.82 Å². The Morgan fingerprint density at radius 2 is 1.68 bits per heavy atom. The van der Waals surface area contributed by atoms with Crippen molar-refractivity contribution in [1.82, 2.24) is 14.5 Å². The van der Waals surface area contributed by atoms with Crippen LogP contribution in [0.5, 0.6) is 0 Å². The van der Waals surface area contributed by atoms with Gasteiger partial charge in [0.25, 0.3) is 11.5 Å². The highest BCUT2D eigenvalue weighted by Gasteiger charge is 2.30. The molecule has 0 aliphatic rings. The molecule has 0 saturated heterocycles. The molecule has 4 aromatic rings. The van der Waals surface area contributed by atoms with Gasteiger partial charge >= 0.3 is 0 Å². The average molecular weight is 537 g/mol. The van der Waals surface area contributed by atoms with Gasteiger partial charge in [0, 0.05) is 12.1 Å². The summed E-state index contributed by atoms with van der Waals surface area (Å²) in [4.78, 5) is 34.6. The van der Waals surface area contributed by atoms with Crippen LogP contribution in [0.15, 0.2) is 71.5 Å². The minimum atomic E-state index is -0.451. The van der Waals surface area contributed by atoms with Crippen LogP contribution in [0.3, 0.4) is 0 Å². The van der Waals surface area contributed by atoms with Crippen LogP contribution in [-0.2, 0) is 6.42 Å². The molecule has 0 aliphatic carbocycles. The van der Waals surface area contributed by atoms with Crippen molar-refractivity contribution in [2.24, 2.45) is 5.92 Å². The molecular formula is C30H31Cl2N3O2. The van der Waals surface area contributed by atoms with Crippen molar-refractivity contribution in [2.45, 2.75) is 46.6 Å². The topological polar surface area (TPSA) is 55.2 Å². The summed E-state index contributed by atoms with van der Waals surface area (Å²) < 4.78 is 1.66. The molecule has 4 rings (SSSR count). The number of rotatable bonds is 8. The zero-order chi connectivity index (χ0) is 26.7. The van der Waals surface area contributed by atoms with Crippen LogP contribution in [0.4, 0.5) is 0 Å². The third-order valence-corrected chi connectivity index (χ3v) is 7.19. The van der Waals surface area contributed by atoms with E-state index in [1.165, 1.54) is 5.56 Å². The van der Waals surface area contributed by atoms with E-state index in [-0.39, 0.29) is 17.4 Å². The van der Waals surface area contributed by atoms with Crippen LogP contribution in [0, 0.1) is 5.92 Å². The van der Waals surface area contributed by atoms with Gasteiger partial charge in [-0.3, -0.25) is 14.2 Å². The van der Waals surface area contributed by atoms with Crippen molar-refractivity contribution >= 4 is 40.0 Å². The molecule has 5 nitrogen and oxygen atoms in total. The Kier molecular flexibility index (Phi) is 8.35. The zero-order valence-electron chi connectivity index (χ0n) is 21.5. The van der Waals surface area contributed by atoms with E-state index in [9.17, 15) is 9.59 Å². The first-order chi connectivity index (χ1) is 17.7. The largest absolute Gasteiger partial charge is 0.328 e. The summed E-state index contributed by atoms with van der Waals surface area (Å²) in [5.41, 5.74) is 2.79. The monoisotopic (exact) mass is 535 g/mol. The molecule has 37 heavy (non-hydrogen) atoms. The molecule has 0 saturated carbocycles. The third-order valence-electron chi connectivity index (χ3n) is 6.45. The number of carbonyl (C=O) groups excluding carboxylic acids is 1. The van der Waals surface area contributed by atoms with Gasteiger partial charge in [-0.15, -0.1) is 0 Å². The molecular weight excluding hydrogens is 505 g/mol. The van der Waals surface area contributed by atoms with Crippen molar-refractivity contribution in [2.75, 3.05) is 6.54 Å². The van der Waals surface area contributed by atoms with Crippen LogP contribution in [0.1, 0.15) is 61.9 Å². The minimum absolute atomic E-state index is 0.158. The Labute approximate surface area is 227 Å². The molecule has 3 aromatic carbocycles. The van der Waals surface area contributed by atoms with Crippen molar-refractivity contribution in [3.8, 4) is 5.69 Å². The van der Waals surface area contributed by atoms with Crippen molar-refractivity contribution < 1.29 is 4.79 Å². The minimum Gasteiger partial charge on any atom is -0.328 e. The molecule has 0 N–H and O–H groups in total. The van der Waals surface area contributed by atoms with Crippen molar-refractivity contribution in [1.29, 1.82) is 0 Å². The highest BCUT2D eigenvalue weighted by molar-refractivity contribution is 6.42. The number of carbonyl (C=O) groups is 1. The number of para-hydroxylation sites is 1. The molecule has 7 heteroatoms. The van der Waals surface area contributed by atoms with Gasteiger partial charge in [0.05, 0.1) is 32.7 Å². The van der Waals surface area contributed by atoms with Gasteiger partial charge in [-0.05, 0) is 66.8 Å². The number of amides is 1. The number of halogens is 2. The molecule has 1 heterocycles. The molecule has 0 aliphatic heterocycles. The van der Waals surface area contributed by atoms with Crippen molar-refractivity contribution in [3.63, 3.8) is 0 Å². The molecule has 0 spiro atoms. The van der Waals surface area contributed by atoms with Crippen LogP contribution in [0.2, 0.25) is 10.0 Å². The van der Waals surface area contributed by atoms with Crippen LogP contribution in [-0.4, -0.2) is 26.9 Å². The van der Waals surface area contributed by atoms with E-state index in [2.05, 4.69) is 20.8 Å². The SMILES string of the molecule is CCc1ccc(-n2c(C(CC)N(CC(C)C)C(=O)c3ccc(Cl)c(Cl)c3)nc3ccccc3c2=O)cc1. The number of nitrogens with zero attached hydrogens (tertiary/aromatic N) is 3. The standard InChI is InChI=1S/C30H31Cl2N3O2/c1-5-20-11-14-22(15-12-20)35-28(33-26-10-8-7-9-23(26)30(35)37)27(6-2)34(18-19(3)4)29(36)21-13-16-24(31)25(32)17-21/h7-17,19,27H,5-6,18H2,1-4H3. The maximum absolute atomic E-state index is 13.9. The lowest BCUT2D eigenvalue weighted by atomic mass is 10.0. The second-order valence-electron chi connectivity index (χ2n) is 9.55. The number of benzene rings is 3. The van der Waals surface area contributed by atoms with E-state index in [4.69, 9.17) is 28.2 Å². The smallest absolute Gasteiger partial charge is 0.266 e. The lowest BCUT2D eigenvalue weighted by Crippen LogP contribution is -2.40. The number of fused-ring (bicyclic) bond motifs is 1. The predicted octanol–water partition coefficient (Wildman–Crippen LogP) is 7.50. The van der Waals surface area contributed by atoms with Gasteiger partial charge in [-0.2, -0.15) is 0 Å². The summed E-state index contributed by atoms with van der Waals surface area (Å²) >= 11 is 12.4. The van der Waals surface area contributed by atoms with Crippen molar-refractivity contribution in [3.05, 3.63) is 104 Å². The first-order valence-corrected chi connectivity index (χ1v) is 13.4. The Hall–Kier alpha value is -3.15. The molecule has 0 fully saturated rings. The van der Waals surface area contributed by atoms with Gasteiger partial charge in [0.2, 0.25) is 0 Å². The molecule has 1 atom stereocenters. The second-order valence-corrected chi connectivity index (χ2v) is 10.4. The maximum atomic E-state index is 13.9. The Balaban J connectivity index is 1.94. The van der Waals surface area contributed by atoms with Crippen LogP contribution in [0.25, 0.3) is 16.6 Å². The highest BCUT2D eigenvalue weighted by Crippen LogP contribution is 2.30. The number of hydrogen-bond donors (Lipinski definition) is 0. The second kappa shape index (κ2) is 11.5. The van der Waals surface area contributed by atoms with E-state index in [0.717, 1.165) is 12.1 Å². The summed E-state index contributed by atoms with van der Waals surface area (Å²) in [6, 6.07) is 19.7. The van der Waals surface area contributed by atoms with Gasteiger partial charge in [-0.1, -0.05) is 75.2 Å². The summed E-state index contributed by atoms with van der Waals surface area (Å²) in [6.07, 6.45) is 1.47. The quantitative estimate of drug-likeness (QED) is 0.234. The van der Waals surface area contributed by atoms with E-state index in [1.54, 1.807) is 33.7 Å². The number of aromatic nitrogens is 2. The van der Waals surface area contributed by atoms with E-state index < -0.39 is 6.04 Å². The van der Waals surface area contributed by atoms with E-state index >= 15 is 0 Å². The number of aryl methyl sites for hydroxylation is 1. The summed E-state index contributed by atoms with van der Waals surface area (Å²) in [5, 5.41) is 1.25. The molecule has 192 valence electrons. The predicted molar refractivity (Wildman–Crippen MR) is 152 cm³/mol. The fraction of sp³-hybridized carbons (Fsp3) is 0.300. The Bertz CT molecular complexity index is 1480. The normalized spacial score (nSPS) is 12.2. The fourth-order valence-corrected chi connectivity index (χ4v) is 4.88. The zero-order valence-corrected chi connectivity index (χ0v) is 23.1. The van der Waals surface area contributed by atoms with E-state index in [1.807, 2.05) is 49.4 Å². The highest BCUT2D eigenvalue weighted by atomic mass is 35.5. The van der Waals surface area contributed by atoms with Crippen LogP contribution < -0.4 is 5.56 Å². The molecule has 1 amide bonds. The third kappa shape index (κ3) is 5.58. The maximum Gasteiger partial charge on any atom is 0.266 e. The fourth-order valence-electron chi connectivity index (χ4n) is 4.59. The first kappa shape index (κ1) is 26.9. The van der Waals surface area contributed by atoms with Gasteiger partial charge in [0.15, 0.2) is 0 Å². The van der Waals surface area contributed by atoms with Gasteiger partial charge < -0.3 is 4.90 Å². The molecule has 0 bridgehead atoms. The lowest BCUT2D eigenvalue weighted by molar-refractivity contribution is 0.0631. The first-order valence-electron chi connectivity index (χ1n) is 12.6. The summed E-state index contributed by atoms with van der Waals surface area (Å²) in [5.74, 6) is 0.532. The van der Waals surface area contributed by atoms with Crippen LogP contribution >= 0.6 is 23.2 Å². The summed E-state index contributed by atoms with van der Waals surface area (Å²) in [7, 11) is 0. The molecule has 0 radical (unpaired) electrons. The summed E-state index contributed by atoms with van der Waals surface area (Å²) in [6.45, 7) is 8.70. The lowest BCUT2D eigenvalue weighted by Gasteiger charge is -2.33. The Morgan fingerprint density at radius 1 is 0.973 bits per heavy atom. The number of hydrogen-bond acceptors (Lipinski definition) is 3. The molecule has 1 unspecified atom stereocenters. The Morgan fingerprint density at radius 3 is 2.30 bits per heavy atom.